The standard InChI is InChI=1S/C16H26O/c1-13-7-5-6-8-14(13)9-10-15(17)11-12-16(2,3)4/h5-8,15,17H,9-12H2,1-4H3. The molecule has 0 radical (unpaired) electrons. The molecule has 17 heavy (non-hydrogen) atoms. The van der Waals surface area contributed by atoms with Gasteiger partial charge in [0, 0.05) is 0 Å². The third-order valence-corrected chi connectivity index (χ3v) is 3.24. The van der Waals surface area contributed by atoms with Crippen molar-refractivity contribution in [3.63, 3.8) is 0 Å². The summed E-state index contributed by atoms with van der Waals surface area (Å²) in [6, 6.07) is 8.43. The van der Waals surface area contributed by atoms with Crippen molar-refractivity contribution >= 4 is 0 Å². The molecule has 0 aliphatic rings. The number of rotatable bonds is 5. The maximum Gasteiger partial charge on any atom is 0.0543 e. The van der Waals surface area contributed by atoms with Crippen molar-refractivity contribution in [3.05, 3.63) is 35.4 Å². The molecule has 0 aromatic heterocycles. The van der Waals surface area contributed by atoms with Crippen LogP contribution < -0.4 is 0 Å². The smallest absolute Gasteiger partial charge is 0.0543 e. The number of aliphatic hydroxyl groups is 1. The zero-order chi connectivity index (χ0) is 12.9. The highest BCUT2D eigenvalue weighted by atomic mass is 16.3. The van der Waals surface area contributed by atoms with Crippen LogP contribution in [-0.2, 0) is 6.42 Å². The van der Waals surface area contributed by atoms with Gasteiger partial charge in [-0.3, -0.25) is 0 Å². The Labute approximate surface area is 106 Å². The van der Waals surface area contributed by atoms with E-state index in [0.717, 1.165) is 25.7 Å². The van der Waals surface area contributed by atoms with Crippen LogP contribution in [0.15, 0.2) is 24.3 Å². The first-order chi connectivity index (χ1) is 7.88. The molecular formula is C16H26O. The van der Waals surface area contributed by atoms with Crippen LogP contribution in [0, 0.1) is 12.3 Å². The van der Waals surface area contributed by atoms with E-state index in [1.807, 2.05) is 0 Å². The third kappa shape index (κ3) is 5.88. The maximum absolute atomic E-state index is 9.96. The van der Waals surface area contributed by atoms with Crippen LogP contribution in [0.3, 0.4) is 0 Å². The molecule has 96 valence electrons. The van der Waals surface area contributed by atoms with Gasteiger partial charge in [0.05, 0.1) is 6.10 Å². The monoisotopic (exact) mass is 234 g/mol. The summed E-state index contributed by atoms with van der Waals surface area (Å²) >= 11 is 0. The van der Waals surface area contributed by atoms with Gasteiger partial charge in [-0.05, 0) is 49.1 Å². The molecule has 0 bridgehead atoms. The van der Waals surface area contributed by atoms with Crippen molar-refractivity contribution in [3.8, 4) is 0 Å². The molecule has 1 unspecified atom stereocenters. The van der Waals surface area contributed by atoms with Gasteiger partial charge in [0.1, 0.15) is 0 Å². The van der Waals surface area contributed by atoms with Crippen molar-refractivity contribution < 1.29 is 5.11 Å². The van der Waals surface area contributed by atoms with E-state index in [4.69, 9.17) is 0 Å². The third-order valence-electron chi connectivity index (χ3n) is 3.24. The Balaban J connectivity index is 2.34. The van der Waals surface area contributed by atoms with E-state index >= 15 is 0 Å². The fourth-order valence-corrected chi connectivity index (χ4v) is 1.96. The van der Waals surface area contributed by atoms with Gasteiger partial charge in [-0.1, -0.05) is 45.0 Å². The second-order valence-electron chi connectivity index (χ2n) is 6.22. The van der Waals surface area contributed by atoms with Gasteiger partial charge in [-0.15, -0.1) is 0 Å². The average Bonchev–Trinajstić information content (AvgIpc) is 2.24. The lowest BCUT2D eigenvalue weighted by Gasteiger charge is -2.20. The first kappa shape index (κ1) is 14.2. The molecule has 0 heterocycles. The van der Waals surface area contributed by atoms with Crippen LogP contribution in [-0.4, -0.2) is 11.2 Å². The van der Waals surface area contributed by atoms with Gasteiger partial charge in [-0.2, -0.15) is 0 Å². The average molecular weight is 234 g/mol. The summed E-state index contributed by atoms with van der Waals surface area (Å²) in [5.41, 5.74) is 3.02. The molecule has 1 N–H and O–H groups in total. The lowest BCUT2D eigenvalue weighted by atomic mass is 9.88. The molecule has 1 rings (SSSR count). The van der Waals surface area contributed by atoms with Crippen LogP contribution in [0.5, 0.6) is 0 Å². The lowest BCUT2D eigenvalue weighted by Crippen LogP contribution is -2.13. The lowest BCUT2D eigenvalue weighted by molar-refractivity contribution is 0.137. The van der Waals surface area contributed by atoms with Crippen LogP contribution in [0.4, 0.5) is 0 Å². The molecule has 0 amide bonds. The largest absolute Gasteiger partial charge is 0.393 e. The maximum atomic E-state index is 9.96. The SMILES string of the molecule is Cc1ccccc1CCC(O)CCC(C)(C)C. The summed E-state index contributed by atoms with van der Waals surface area (Å²) in [6.07, 6.45) is 3.70. The minimum atomic E-state index is -0.158. The summed E-state index contributed by atoms with van der Waals surface area (Å²) in [5.74, 6) is 0. The fourth-order valence-electron chi connectivity index (χ4n) is 1.96. The highest BCUT2D eigenvalue weighted by Crippen LogP contribution is 2.23. The van der Waals surface area contributed by atoms with E-state index in [-0.39, 0.29) is 6.10 Å². The molecule has 0 spiro atoms. The molecule has 0 saturated carbocycles. The van der Waals surface area contributed by atoms with E-state index in [9.17, 15) is 5.11 Å². The van der Waals surface area contributed by atoms with Gasteiger partial charge in [0.15, 0.2) is 0 Å². The minimum Gasteiger partial charge on any atom is -0.393 e. The Morgan fingerprint density at radius 3 is 2.35 bits per heavy atom. The summed E-state index contributed by atoms with van der Waals surface area (Å²) < 4.78 is 0. The van der Waals surface area contributed by atoms with Crippen molar-refractivity contribution in [1.82, 2.24) is 0 Å². The zero-order valence-electron chi connectivity index (χ0n) is 11.7. The number of hydrogen-bond acceptors (Lipinski definition) is 1. The molecule has 1 nitrogen and oxygen atoms in total. The Bertz CT molecular complexity index is 336. The normalized spacial score (nSPS) is 13.7. The van der Waals surface area contributed by atoms with Crippen LogP contribution >= 0.6 is 0 Å². The molecule has 0 saturated heterocycles. The van der Waals surface area contributed by atoms with Gasteiger partial charge in [-0.25, -0.2) is 0 Å². The molecule has 1 heteroatoms. The second kappa shape index (κ2) is 6.20. The van der Waals surface area contributed by atoms with Crippen molar-refractivity contribution in [2.75, 3.05) is 0 Å². The molecule has 1 aromatic carbocycles. The van der Waals surface area contributed by atoms with E-state index in [2.05, 4.69) is 52.0 Å². The zero-order valence-corrected chi connectivity index (χ0v) is 11.7. The van der Waals surface area contributed by atoms with Crippen LogP contribution in [0.1, 0.15) is 51.2 Å². The minimum absolute atomic E-state index is 0.158. The van der Waals surface area contributed by atoms with E-state index in [1.54, 1.807) is 0 Å². The summed E-state index contributed by atoms with van der Waals surface area (Å²) in [6.45, 7) is 8.81. The number of aryl methyl sites for hydroxylation is 2. The van der Waals surface area contributed by atoms with Gasteiger partial charge >= 0.3 is 0 Å². The number of hydrogen-bond donors (Lipinski definition) is 1. The van der Waals surface area contributed by atoms with Crippen molar-refractivity contribution in [2.24, 2.45) is 5.41 Å². The molecule has 0 fully saturated rings. The van der Waals surface area contributed by atoms with Gasteiger partial charge in [0.2, 0.25) is 0 Å². The fraction of sp³-hybridized carbons (Fsp3) is 0.625. The van der Waals surface area contributed by atoms with Gasteiger partial charge < -0.3 is 5.11 Å². The number of benzene rings is 1. The molecule has 0 aliphatic heterocycles. The van der Waals surface area contributed by atoms with Crippen LogP contribution in [0.25, 0.3) is 0 Å². The first-order valence-electron chi connectivity index (χ1n) is 6.61. The summed E-state index contributed by atoms with van der Waals surface area (Å²) in [5, 5.41) is 9.96. The quantitative estimate of drug-likeness (QED) is 0.812. The molecule has 1 atom stereocenters. The predicted octanol–water partition coefficient (Wildman–Crippen LogP) is 4.11. The predicted molar refractivity (Wildman–Crippen MR) is 74.2 cm³/mol. The van der Waals surface area contributed by atoms with E-state index in [0.29, 0.717) is 5.41 Å². The highest BCUT2D eigenvalue weighted by Gasteiger charge is 2.13. The Kier molecular flexibility index (Phi) is 5.20. The first-order valence-corrected chi connectivity index (χ1v) is 6.61. The van der Waals surface area contributed by atoms with Crippen LogP contribution in [0.2, 0.25) is 0 Å². The molecular weight excluding hydrogens is 208 g/mol. The van der Waals surface area contributed by atoms with Crippen molar-refractivity contribution in [2.45, 2.75) is 59.5 Å². The molecule has 0 aliphatic carbocycles. The molecule has 1 aromatic rings. The van der Waals surface area contributed by atoms with Crippen molar-refractivity contribution in [1.29, 1.82) is 0 Å². The summed E-state index contributed by atoms with van der Waals surface area (Å²) in [4.78, 5) is 0. The summed E-state index contributed by atoms with van der Waals surface area (Å²) in [7, 11) is 0. The van der Waals surface area contributed by atoms with E-state index < -0.39 is 0 Å². The second-order valence-corrected chi connectivity index (χ2v) is 6.22. The number of aliphatic hydroxyl groups excluding tert-OH is 1. The topological polar surface area (TPSA) is 20.2 Å². The Hall–Kier alpha value is -0.820. The van der Waals surface area contributed by atoms with E-state index in [1.165, 1.54) is 11.1 Å². The van der Waals surface area contributed by atoms with Gasteiger partial charge in [0.25, 0.3) is 0 Å². The Morgan fingerprint density at radius 2 is 1.76 bits per heavy atom. The Morgan fingerprint density at radius 1 is 1.12 bits per heavy atom. The highest BCUT2D eigenvalue weighted by molar-refractivity contribution is 5.25.